The standard InChI is InChI=1S/C8H6O4.C6H6.C2H4O2/c9-7(10)5-3-1-2-4-6(5)8(11)12;1-2-4-6-5-3-1;1-2(3)4/h1-4H,(H,9,10)(H,11,12);1-6H;1H3,(H,3,4). The first-order valence-electron chi connectivity index (χ1n) is 6.11. The summed E-state index contributed by atoms with van der Waals surface area (Å²) in [6, 6.07) is 17.5. The maximum Gasteiger partial charge on any atom is 0.336 e. The molecule has 2 rings (SSSR count). The largest absolute Gasteiger partial charge is 0.481 e. The van der Waals surface area contributed by atoms with Crippen molar-refractivity contribution in [2.24, 2.45) is 0 Å². The minimum absolute atomic E-state index is 0.190. The van der Waals surface area contributed by atoms with Crippen molar-refractivity contribution in [1.82, 2.24) is 0 Å². The first kappa shape index (κ1) is 18.9. The normalized spacial score (nSPS) is 8.41. The van der Waals surface area contributed by atoms with Crippen LogP contribution in [0.2, 0.25) is 0 Å². The highest BCUT2D eigenvalue weighted by Crippen LogP contribution is 2.07. The Kier molecular flexibility index (Phi) is 9.10. The van der Waals surface area contributed by atoms with Crippen LogP contribution in [0.15, 0.2) is 60.7 Å². The minimum atomic E-state index is -1.23. The van der Waals surface area contributed by atoms with Crippen molar-refractivity contribution in [1.29, 1.82) is 0 Å². The van der Waals surface area contributed by atoms with Gasteiger partial charge >= 0.3 is 11.9 Å². The lowest BCUT2D eigenvalue weighted by Crippen LogP contribution is -2.06. The van der Waals surface area contributed by atoms with Crippen LogP contribution < -0.4 is 0 Å². The molecule has 2 aromatic rings. The van der Waals surface area contributed by atoms with Gasteiger partial charge in [0.25, 0.3) is 5.97 Å². The molecule has 0 aliphatic carbocycles. The summed E-state index contributed by atoms with van der Waals surface area (Å²) in [5.41, 5.74) is -0.380. The van der Waals surface area contributed by atoms with E-state index in [0.29, 0.717) is 0 Å². The van der Waals surface area contributed by atoms with Gasteiger partial charge in [0.2, 0.25) is 0 Å². The number of carboxylic acid groups (broad SMARTS) is 3. The topological polar surface area (TPSA) is 112 Å². The third-order valence-corrected chi connectivity index (χ3v) is 2.05. The molecule has 6 heteroatoms. The van der Waals surface area contributed by atoms with Crippen LogP contribution >= 0.6 is 0 Å². The van der Waals surface area contributed by atoms with E-state index >= 15 is 0 Å². The SMILES string of the molecule is CC(=O)O.O=C(O)c1ccccc1C(=O)O.c1ccccc1. The van der Waals surface area contributed by atoms with E-state index in [1.54, 1.807) is 0 Å². The second-order valence-electron chi connectivity index (χ2n) is 3.83. The van der Waals surface area contributed by atoms with Crippen molar-refractivity contribution in [2.75, 3.05) is 0 Å². The number of aliphatic carboxylic acids is 1. The summed E-state index contributed by atoms with van der Waals surface area (Å²) in [5.74, 6) is -3.29. The second-order valence-corrected chi connectivity index (χ2v) is 3.83. The number of rotatable bonds is 2. The molecule has 0 aromatic heterocycles. The third kappa shape index (κ3) is 8.87. The number of hydrogen-bond acceptors (Lipinski definition) is 3. The number of carboxylic acids is 3. The van der Waals surface area contributed by atoms with Gasteiger partial charge in [-0.3, -0.25) is 4.79 Å². The Hall–Kier alpha value is -3.15. The number of benzene rings is 2. The van der Waals surface area contributed by atoms with Crippen LogP contribution in [0.5, 0.6) is 0 Å². The average Bonchev–Trinajstić information content (AvgIpc) is 2.49. The Morgan fingerprint density at radius 3 is 1.05 bits per heavy atom. The van der Waals surface area contributed by atoms with Crippen LogP contribution in [-0.4, -0.2) is 33.2 Å². The van der Waals surface area contributed by atoms with Gasteiger partial charge in [0, 0.05) is 6.92 Å². The smallest absolute Gasteiger partial charge is 0.336 e. The van der Waals surface area contributed by atoms with E-state index in [-0.39, 0.29) is 11.1 Å². The van der Waals surface area contributed by atoms with E-state index in [2.05, 4.69) is 0 Å². The molecule has 0 aliphatic rings. The van der Waals surface area contributed by atoms with E-state index in [1.807, 2.05) is 36.4 Å². The van der Waals surface area contributed by atoms with Gasteiger partial charge in [0.1, 0.15) is 0 Å². The van der Waals surface area contributed by atoms with Crippen molar-refractivity contribution in [2.45, 2.75) is 6.92 Å². The van der Waals surface area contributed by atoms with Crippen LogP contribution in [0.4, 0.5) is 0 Å². The molecule has 22 heavy (non-hydrogen) atoms. The molecule has 0 saturated carbocycles. The zero-order valence-corrected chi connectivity index (χ0v) is 11.8. The Balaban J connectivity index is 0.000000366. The molecule has 0 heterocycles. The molecule has 2 aromatic carbocycles. The molecule has 0 fully saturated rings. The van der Waals surface area contributed by atoms with Crippen LogP contribution in [-0.2, 0) is 4.79 Å². The van der Waals surface area contributed by atoms with Gasteiger partial charge in [0.15, 0.2) is 0 Å². The lowest BCUT2D eigenvalue weighted by molar-refractivity contribution is -0.134. The number of hydrogen-bond donors (Lipinski definition) is 3. The molecule has 0 atom stereocenters. The average molecular weight is 304 g/mol. The zero-order valence-electron chi connectivity index (χ0n) is 11.8. The van der Waals surface area contributed by atoms with Gasteiger partial charge in [-0.05, 0) is 12.1 Å². The summed E-state index contributed by atoms with van der Waals surface area (Å²) < 4.78 is 0. The number of carbonyl (C=O) groups is 3. The van der Waals surface area contributed by atoms with E-state index in [1.165, 1.54) is 24.3 Å². The van der Waals surface area contributed by atoms with Crippen molar-refractivity contribution >= 4 is 17.9 Å². The summed E-state index contributed by atoms with van der Waals surface area (Å²) in [5, 5.41) is 24.5. The lowest BCUT2D eigenvalue weighted by atomic mass is 10.1. The van der Waals surface area contributed by atoms with Crippen LogP contribution in [0, 0.1) is 0 Å². The van der Waals surface area contributed by atoms with Crippen molar-refractivity contribution in [3.05, 3.63) is 71.8 Å². The maximum atomic E-state index is 10.5. The van der Waals surface area contributed by atoms with E-state index < -0.39 is 17.9 Å². The molecular formula is C16H16O6. The van der Waals surface area contributed by atoms with E-state index in [4.69, 9.17) is 20.1 Å². The summed E-state index contributed by atoms with van der Waals surface area (Å²) in [6.45, 7) is 1.08. The van der Waals surface area contributed by atoms with E-state index in [9.17, 15) is 9.59 Å². The molecule has 3 N–H and O–H groups in total. The fourth-order valence-electron chi connectivity index (χ4n) is 1.24. The molecular weight excluding hydrogens is 288 g/mol. The Morgan fingerprint density at radius 2 is 0.864 bits per heavy atom. The maximum absolute atomic E-state index is 10.5. The van der Waals surface area contributed by atoms with Gasteiger partial charge in [-0.1, -0.05) is 48.5 Å². The first-order chi connectivity index (χ1) is 10.4. The molecule has 6 nitrogen and oxygen atoms in total. The lowest BCUT2D eigenvalue weighted by Gasteiger charge is -1.98. The molecule has 0 saturated heterocycles. The summed E-state index contributed by atoms with van der Waals surface area (Å²) >= 11 is 0. The Bertz CT molecular complexity index is 543. The summed E-state index contributed by atoms with van der Waals surface area (Å²) in [6.07, 6.45) is 0. The van der Waals surface area contributed by atoms with Gasteiger partial charge in [-0.15, -0.1) is 0 Å². The molecule has 0 spiro atoms. The first-order valence-corrected chi connectivity index (χ1v) is 6.11. The zero-order chi connectivity index (χ0) is 17.0. The fourth-order valence-corrected chi connectivity index (χ4v) is 1.24. The Labute approximate surface area is 127 Å². The Morgan fingerprint density at radius 1 is 0.636 bits per heavy atom. The van der Waals surface area contributed by atoms with Gasteiger partial charge in [-0.2, -0.15) is 0 Å². The minimum Gasteiger partial charge on any atom is -0.481 e. The molecule has 116 valence electrons. The van der Waals surface area contributed by atoms with Crippen molar-refractivity contribution in [3.63, 3.8) is 0 Å². The molecule has 0 unspecified atom stereocenters. The fraction of sp³-hybridized carbons (Fsp3) is 0.0625. The summed E-state index contributed by atoms with van der Waals surface area (Å²) in [4.78, 5) is 29.9. The summed E-state index contributed by atoms with van der Waals surface area (Å²) in [7, 11) is 0. The van der Waals surface area contributed by atoms with Crippen molar-refractivity contribution < 1.29 is 29.7 Å². The van der Waals surface area contributed by atoms with Crippen LogP contribution in [0.3, 0.4) is 0 Å². The second kappa shape index (κ2) is 10.6. The predicted molar refractivity (Wildman–Crippen MR) is 80.1 cm³/mol. The van der Waals surface area contributed by atoms with Crippen LogP contribution in [0.25, 0.3) is 0 Å². The van der Waals surface area contributed by atoms with Crippen molar-refractivity contribution in [3.8, 4) is 0 Å². The van der Waals surface area contributed by atoms with Gasteiger partial charge in [0.05, 0.1) is 11.1 Å². The van der Waals surface area contributed by atoms with Crippen LogP contribution in [0.1, 0.15) is 27.6 Å². The van der Waals surface area contributed by atoms with Gasteiger partial charge < -0.3 is 15.3 Å². The number of aromatic carboxylic acids is 2. The molecule has 0 radical (unpaired) electrons. The predicted octanol–water partition coefficient (Wildman–Crippen LogP) is 2.86. The third-order valence-electron chi connectivity index (χ3n) is 2.05. The van der Waals surface area contributed by atoms with E-state index in [0.717, 1.165) is 6.92 Å². The molecule has 0 bridgehead atoms. The van der Waals surface area contributed by atoms with Gasteiger partial charge in [-0.25, -0.2) is 9.59 Å². The monoisotopic (exact) mass is 304 g/mol. The highest BCUT2D eigenvalue weighted by atomic mass is 16.4. The highest BCUT2D eigenvalue weighted by molar-refractivity contribution is 6.01. The quantitative estimate of drug-likeness (QED) is 0.786. The molecule has 0 aliphatic heterocycles. The highest BCUT2D eigenvalue weighted by Gasteiger charge is 2.13. The molecule has 0 amide bonds.